The summed E-state index contributed by atoms with van der Waals surface area (Å²) in [6.45, 7) is 0. The molecule has 0 aliphatic heterocycles. The predicted molar refractivity (Wildman–Crippen MR) is 144 cm³/mol. The zero-order chi connectivity index (χ0) is 21.9. The SMILES string of the molecule is Bc1c(B)c(B)c(-c2nc(Cl)nc(-c3cccc4c3oc3ccccc34)n2)c(B)c1B. The number of para-hydroxylation sites is 2. The fraction of sp³-hybridized carbons (Fsp3) is 0. The highest BCUT2D eigenvalue weighted by molar-refractivity contribution is 6.68. The molecule has 0 N–H and O–H groups in total. The number of halogens is 1. The quantitative estimate of drug-likeness (QED) is 0.289. The normalized spacial score (nSPS) is 11.4. The van der Waals surface area contributed by atoms with Crippen LogP contribution < -0.4 is 27.3 Å². The summed E-state index contributed by atoms with van der Waals surface area (Å²) in [4.78, 5) is 13.8. The van der Waals surface area contributed by atoms with E-state index in [2.05, 4.69) is 61.3 Å². The standard InChI is InChI=1S/C21H17B5ClN3O/c22-13-12(14(23)16(25)17(26)15(13)24)20-28-19(29-21(27)30-20)10-6-3-5-9-8-4-1-2-7-11(8)31-18(9)10/h1-7H,22-26H2. The molecule has 0 spiro atoms. The minimum absolute atomic E-state index is 0.169. The number of aromatic nitrogens is 3. The molecule has 0 fully saturated rings. The van der Waals surface area contributed by atoms with Crippen molar-refractivity contribution in [2.24, 2.45) is 0 Å². The van der Waals surface area contributed by atoms with Crippen LogP contribution in [0.25, 0.3) is 44.7 Å². The third-order valence-corrected chi connectivity index (χ3v) is 6.65. The molecule has 31 heavy (non-hydrogen) atoms. The van der Waals surface area contributed by atoms with E-state index in [9.17, 15) is 0 Å². The summed E-state index contributed by atoms with van der Waals surface area (Å²) in [5, 5.41) is 2.26. The summed E-state index contributed by atoms with van der Waals surface area (Å²) in [5.41, 5.74) is 9.52. The number of hydrogen-bond donors (Lipinski definition) is 0. The Morgan fingerprint density at radius 2 is 1.26 bits per heavy atom. The van der Waals surface area contributed by atoms with Crippen LogP contribution in [0.3, 0.4) is 0 Å². The summed E-state index contributed by atoms with van der Waals surface area (Å²) >= 11 is 6.40. The van der Waals surface area contributed by atoms with Gasteiger partial charge in [-0.2, -0.15) is 9.97 Å². The molecule has 5 rings (SSSR count). The van der Waals surface area contributed by atoms with E-state index in [0.29, 0.717) is 11.6 Å². The molecule has 4 nitrogen and oxygen atoms in total. The monoisotopic (exact) mass is 417 g/mol. The Balaban J connectivity index is 1.79. The van der Waals surface area contributed by atoms with Crippen LogP contribution in [0.4, 0.5) is 0 Å². The lowest BCUT2D eigenvalue weighted by Gasteiger charge is -2.19. The van der Waals surface area contributed by atoms with Gasteiger partial charge in [0.05, 0.1) is 5.56 Å². The second kappa shape index (κ2) is 7.35. The molecule has 0 amide bonds. The van der Waals surface area contributed by atoms with E-state index >= 15 is 0 Å². The maximum atomic E-state index is 6.40. The highest BCUT2D eigenvalue weighted by Gasteiger charge is 2.19. The topological polar surface area (TPSA) is 51.8 Å². The lowest BCUT2D eigenvalue weighted by molar-refractivity contribution is 0.669. The molecular weight excluding hydrogens is 400 g/mol. The van der Waals surface area contributed by atoms with Gasteiger partial charge in [0.2, 0.25) is 5.28 Å². The van der Waals surface area contributed by atoms with Crippen LogP contribution in [0.15, 0.2) is 46.9 Å². The van der Waals surface area contributed by atoms with Crippen molar-refractivity contribution >= 4 is 100 Å². The van der Waals surface area contributed by atoms with Crippen molar-refractivity contribution in [3.8, 4) is 22.8 Å². The minimum atomic E-state index is 0.169. The first-order valence-corrected chi connectivity index (χ1v) is 10.6. The van der Waals surface area contributed by atoms with E-state index in [4.69, 9.17) is 21.0 Å². The zero-order valence-corrected chi connectivity index (χ0v) is 18.9. The second-order valence-electron chi connectivity index (χ2n) is 8.03. The number of rotatable bonds is 2. The molecule has 0 aliphatic carbocycles. The van der Waals surface area contributed by atoms with Gasteiger partial charge in [0.25, 0.3) is 0 Å². The predicted octanol–water partition coefficient (Wildman–Crippen LogP) is -2.95. The molecule has 2 heterocycles. The maximum Gasteiger partial charge on any atom is 0.226 e. The van der Waals surface area contributed by atoms with E-state index in [1.54, 1.807) is 0 Å². The van der Waals surface area contributed by atoms with Crippen molar-refractivity contribution in [2.75, 3.05) is 0 Å². The Labute approximate surface area is 189 Å². The summed E-state index contributed by atoms with van der Waals surface area (Å²) in [6.07, 6.45) is 0. The molecule has 3 aromatic carbocycles. The van der Waals surface area contributed by atoms with Gasteiger partial charge < -0.3 is 4.42 Å². The largest absolute Gasteiger partial charge is 0.455 e. The molecule has 0 aliphatic rings. The Hall–Kier alpha value is -2.92. The third kappa shape index (κ3) is 3.11. The van der Waals surface area contributed by atoms with Crippen molar-refractivity contribution in [1.29, 1.82) is 0 Å². The lowest BCUT2D eigenvalue weighted by atomic mass is 9.60. The number of nitrogens with zero attached hydrogens (tertiary/aromatic N) is 3. The van der Waals surface area contributed by atoms with Crippen molar-refractivity contribution < 1.29 is 4.42 Å². The Bertz CT molecular complexity index is 1490. The lowest BCUT2D eigenvalue weighted by Crippen LogP contribution is -2.55. The van der Waals surface area contributed by atoms with Crippen molar-refractivity contribution in [2.45, 2.75) is 0 Å². The van der Waals surface area contributed by atoms with Gasteiger partial charge in [-0.1, -0.05) is 41.3 Å². The fourth-order valence-electron chi connectivity index (χ4n) is 4.34. The highest BCUT2D eigenvalue weighted by Crippen LogP contribution is 2.34. The molecule has 0 unspecified atom stereocenters. The van der Waals surface area contributed by atoms with Gasteiger partial charge in [-0.15, -0.1) is 16.4 Å². The third-order valence-electron chi connectivity index (χ3n) is 6.48. The smallest absolute Gasteiger partial charge is 0.226 e. The molecule has 144 valence electrons. The summed E-state index contributed by atoms with van der Waals surface area (Å²) in [6, 6.07) is 14.0. The number of furan rings is 1. The van der Waals surface area contributed by atoms with Gasteiger partial charge in [0.15, 0.2) is 11.6 Å². The van der Waals surface area contributed by atoms with Crippen LogP contribution in [0.5, 0.6) is 0 Å². The Kier molecular flexibility index (Phi) is 4.74. The molecule has 10 heteroatoms. The second-order valence-corrected chi connectivity index (χ2v) is 8.37. The Morgan fingerprint density at radius 3 is 2.00 bits per heavy atom. The molecule has 0 saturated carbocycles. The number of benzene rings is 3. The van der Waals surface area contributed by atoms with E-state index in [-0.39, 0.29) is 5.28 Å². The molecule has 0 atom stereocenters. The van der Waals surface area contributed by atoms with Crippen LogP contribution in [-0.2, 0) is 0 Å². The average molecular weight is 417 g/mol. The number of hydrogen-bond acceptors (Lipinski definition) is 4. The van der Waals surface area contributed by atoms with Crippen molar-refractivity contribution in [3.05, 3.63) is 47.7 Å². The highest BCUT2D eigenvalue weighted by atomic mass is 35.5. The number of fused-ring (bicyclic) bond motifs is 3. The fourth-order valence-corrected chi connectivity index (χ4v) is 4.50. The van der Waals surface area contributed by atoms with Gasteiger partial charge in [-0.25, -0.2) is 4.98 Å². The van der Waals surface area contributed by atoms with Crippen LogP contribution in [0.1, 0.15) is 0 Å². The van der Waals surface area contributed by atoms with Gasteiger partial charge in [-0.05, 0) is 23.7 Å². The van der Waals surface area contributed by atoms with Gasteiger partial charge in [-0.3, -0.25) is 0 Å². The maximum absolute atomic E-state index is 6.40. The van der Waals surface area contributed by atoms with E-state index in [1.807, 2.05) is 30.3 Å². The van der Waals surface area contributed by atoms with E-state index < -0.39 is 0 Å². The van der Waals surface area contributed by atoms with Crippen LogP contribution in [0, 0.1) is 0 Å². The van der Waals surface area contributed by atoms with Gasteiger partial charge in [0, 0.05) is 16.3 Å². The minimum Gasteiger partial charge on any atom is -0.455 e. The molecule has 5 aromatic rings. The first-order chi connectivity index (χ1) is 14.9. The van der Waals surface area contributed by atoms with Gasteiger partial charge >= 0.3 is 0 Å². The molecule has 2 aromatic heterocycles. The molecular formula is C21H17B5ClN3O. The summed E-state index contributed by atoms with van der Waals surface area (Å²) < 4.78 is 6.18. The average Bonchev–Trinajstić information content (AvgIpc) is 3.15. The first kappa shape index (κ1) is 20.0. The molecule has 0 radical (unpaired) electrons. The van der Waals surface area contributed by atoms with Crippen LogP contribution >= 0.6 is 11.6 Å². The van der Waals surface area contributed by atoms with Crippen molar-refractivity contribution in [3.63, 3.8) is 0 Å². The molecule has 0 bridgehead atoms. The summed E-state index contributed by atoms with van der Waals surface area (Å²) in [5.74, 6) is 1.10. The summed E-state index contributed by atoms with van der Waals surface area (Å²) in [7, 11) is 10.7. The van der Waals surface area contributed by atoms with E-state index in [1.165, 1.54) is 16.4 Å². The first-order valence-electron chi connectivity index (χ1n) is 10.3. The van der Waals surface area contributed by atoms with Crippen LogP contribution in [-0.4, -0.2) is 54.2 Å². The zero-order valence-electron chi connectivity index (χ0n) is 18.2. The van der Waals surface area contributed by atoms with E-state index in [0.717, 1.165) is 44.0 Å². The molecule has 0 saturated heterocycles. The van der Waals surface area contributed by atoms with Gasteiger partial charge in [0.1, 0.15) is 50.4 Å². The van der Waals surface area contributed by atoms with Crippen molar-refractivity contribution in [1.82, 2.24) is 15.0 Å². The van der Waals surface area contributed by atoms with Crippen LogP contribution in [0.2, 0.25) is 5.28 Å². The Morgan fingerprint density at radius 1 is 0.645 bits per heavy atom.